The number of nitrogens with one attached hydrogen (secondary N) is 3. The van der Waals surface area contributed by atoms with Crippen LogP contribution in [0, 0.1) is 11.3 Å². The molecule has 0 aliphatic carbocycles. The molecule has 0 saturated heterocycles. The third kappa shape index (κ3) is 5.26. The highest BCUT2D eigenvalue weighted by molar-refractivity contribution is 6.14. The molecule has 4 aromatic rings. The van der Waals surface area contributed by atoms with Crippen LogP contribution in [0.5, 0.6) is 0 Å². The molecule has 0 unspecified atom stereocenters. The van der Waals surface area contributed by atoms with Gasteiger partial charge in [0.05, 0.1) is 41.1 Å². The number of carbonyl (C=O) groups excluding carboxylic acids is 3. The van der Waals surface area contributed by atoms with Crippen molar-refractivity contribution in [1.82, 2.24) is 5.16 Å². The molecule has 0 bridgehead atoms. The number of carboxylic acids is 1. The second kappa shape index (κ2) is 10.5. The van der Waals surface area contributed by atoms with Gasteiger partial charge >= 0.3 is 12.1 Å². The molecule has 3 amide bonds. The number of benzene rings is 3. The van der Waals surface area contributed by atoms with Crippen molar-refractivity contribution in [2.45, 2.75) is 6.92 Å². The first-order valence-corrected chi connectivity index (χ1v) is 11.0. The van der Waals surface area contributed by atoms with Gasteiger partial charge in [-0.25, -0.2) is 9.59 Å². The van der Waals surface area contributed by atoms with Gasteiger partial charge in [-0.1, -0.05) is 17.3 Å². The Kier molecular flexibility index (Phi) is 7.02. The lowest BCUT2D eigenvalue weighted by Gasteiger charge is -2.12. The number of aromatic carboxylic acids is 1. The molecule has 3 aromatic carbocycles. The molecule has 0 saturated carbocycles. The topological polar surface area (TPSA) is 184 Å². The third-order valence-electron chi connectivity index (χ3n) is 5.39. The fourth-order valence-corrected chi connectivity index (χ4v) is 3.67. The average Bonchev–Trinajstić information content (AvgIpc) is 3.31. The van der Waals surface area contributed by atoms with Crippen LogP contribution in [-0.2, 0) is 9.53 Å². The van der Waals surface area contributed by atoms with Crippen molar-refractivity contribution in [2.75, 3.05) is 23.1 Å². The molecule has 0 aliphatic rings. The van der Waals surface area contributed by atoms with Crippen LogP contribution in [0.1, 0.15) is 33.3 Å². The number of aromatic nitrogens is 1. The summed E-state index contributed by atoms with van der Waals surface area (Å²) in [5, 5.41) is 30.3. The molecule has 0 aliphatic heterocycles. The summed E-state index contributed by atoms with van der Waals surface area (Å²) in [6.45, 7) is 1.39. The molecule has 0 atom stereocenters. The van der Waals surface area contributed by atoms with Gasteiger partial charge in [0.15, 0.2) is 11.3 Å². The van der Waals surface area contributed by atoms with Crippen molar-refractivity contribution in [1.29, 1.82) is 5.26 Å². The van der Waals surface area contributed by atoms with Crippen molar-refractivity contribution in [3.8, 4) is 17.2 Å². The number of amides is 3. The Hall–Kier alpha value is -5.70. The molecule has 1 heterocycles. The van der Waals surface area contributed by atoms with Gasteiger partial charge in [0.2, 0.25) is 5.91 Å². The zero-order valence-electron chi connectivity index (χ0n) is 20.0. The van der Waals surface area contributed by atoms with Gasteiger partial charge < -0.3 is 25.0 Å². The standard InChI is InChI=1S/C26H19N5O7/c1-13(32)28-16-6-4-15(5-7-16)17-11-22-19(10-21(17)30-26(36)37-2)23(31-38-22)24(33)29-20-8-3-14(12-27)9-18(20)25(34)35/h3-11H,1-2H3,(H,28,32)(H,29,33)(H,30,36)(H,34,35). The first-order valence-electron chi connectivity index (χ1n) is 11.0. The van der Waals surface area contributed by atoms with Crippen molar-refractivity contribution < 1.29 is 33.5 Å². The number of nitrogens with zero attached hydrogens (tertiary/aromatic N) is 2. The Labute approximate surface area is 214 Å². The Morgan fingerprint density at radius 3 is 2.34 bits per heavy atom. The molecule has 38 heavy (non-hydrogen) atoms. The fraction of sp³-hybridized carbons (Fsp3) is 0.0769. The smallest absolute Gasteiger partial charge is 0.411 e. The van der Waals surface area contributed by atoms with Crippen LogP contribution in [-0.4, -0.2) is 41.2 Å². The van der Waals surface area contributed by atoms with Gasteiger partial charge in [-0.2, -0.15) is 5.26 Å². The van der Waals surface area contributed by atoms with Crippen molar-refractivity contribution in [3.63, 3.8) is 0 Å². The van der Waals surface area contributed by atoms with E-state index in [1.165, 1.54) is 32.2 Å². The Bertz CT molecular complexity index is 1630. The maximum absolute atomic E-state index is 13.1. The van der Waals surface area contributed by atoms with Crippen LogP contribution in [0.3, 0.4) is 0 Å². The number of ether oxygens (including phenoxy) is 1. The monoisotopic (exact) mass is 513 g/mol. The van der Waals surface area contributed by atoms with Crippen molar-refractivity contribution in [2.24, 2.45) is 0 Å². The minimum atomic E-state index is -1.33. The van der Waals surface area contributed by atoms with Gasteiger partial charge in [-0.15, -0.1) is 0 Å². The van der Waals surface area contributed by atoms with Gasteiger partial charge in [0, 0.05) is 18.2 Å². The zero-order chi connectivity index (χ0) is 27.4. The van der Waals surface area contributed by atoms with Crippen LogP contribution >= 0.6 is 0 Å². The van der Waals surface area contributed by atoms with E-state index in [4.69, 9.17) is 14.5 Å². The number of methoxy groups -OCH3 is 1. The maximum Gasteiger partial charge on any atom is 0.411 e. The lowest BCUT2D eigenvalue weighted by molar-refractivity contribution is -0.114. The first-order chi connectivity index (χ1) is 18.2. The molecular weight excluding hydrogens is 494 g/mol. The molecule has 0 fully saturated rings. The van der Waals surface area contributed by atoms with Crippen LogP contribution in [0.25, 0.3) is 22.1 Å². The lowest BCUT2D eigenvalue weighted by Crippen LogP contribution is -2.16. The predicted molar refractivity (Wildman–Crippen MR) is 136 cm³/mol. The van der Waals surface area contributed by atoms with Gasteiger partial charge in [-0.05, 0) is 48.0 Å². The van der Waals surface area contributed by atoms with Crippen LogP contribution in [0.4, 0.5) is 21.9 Å². The molecule has 12 nitrogen and oxygen atoms in total. The zero-order valence-corrected chi connectivity index (χ0v) is 20.0. The summed E-state index contributed by atoms with van der Waals surface area (Å²) in [5.74, 6) is -2.33. The number of carbonyl (C=O) groups is 4. The highest BCUT2D eigenvalue weighted by Gasteiger charge is 2.22. The second-order valence-corrected chi connectivity index (χ2v) is 7.93. The van der Waals surface area contributed by atoms with E-state index in [-0.39, 0.29) is 45.1 Å². The van der Waals surface area contributed by atoms with E-state index in [0.717, 1.165) is 6.07 Å². The number of hydrogen-bond acceptors (Lipinski definition) is 8. The van der Waals surface area contributed by atoms with E-state index < -0.39 is 18.0 Å². The van der Waals surface area contributed by atoms with Crippen LogP contribution in [0.15, 0.2) is 59.1 Å². The van der Waals surface area contributed by atoms with Gasteiger partial charge in [0.1, 0.15) is 0 Å². The van der Waals surface area contributed by atoms with Crippen LogP contribution in [0.2, 0.25) is 0 Å². The van der Waals surface area contributed by atoms with E-state index in [0.29, 0.717) is 16.8 Å². The summed E-state index contributed by atoms with van der Waals surface area (Å²) in [6, 6.07) is 15.5. The van der Waals surface area contributed by atoms with Crippen molar-refractivity contribution >= 4 is 51.9 Å². The van der Waals surface area contributed by atoms with Crippen molar-refractivity contribution in [3.05, 3.63) is 71.4 Å². The Balaban J connectivity index is 1.74. The van der Waals surface area contributed by atoms with E-state index in [9.17, 15) is 24.3 Å². The lowest BCUT2D eigenvalue weighted by atomic mass is 10.0. The summed E-state index contributed by atoms with van der Waals surface area (Å²) in [5.41, 5.74) is 1.86. The van der Waals surface area contributed by atoms with Gasteiger partial charge in [0.25, 0.3) is 5.91 Å². The number of nitriles is 1. The van der Waals surface area contributed by atoms with Crippen LogP contribution < -0.4 is 16.0 Å². The highest BCUT2D eigenvalue weighted by atomic mass is 16.5. The molecular formula is C26H19N5O7. The van der Waals surface area contributed by atoms with E-state index in [1.807, 2.05) is 6.07 Å². The predicted octanol–water partition coefficient (Wildman–Crippen LogP) is 4.45. The highest BCUT2D eigenvalue weighted by Crippen LogP contribution is 2.35. The fourth-order valence-electron chi connectivity index (χ4n) is 3.67. The molecule has 4 rings (SSSR count). The second-order valence-electron chi connectivity index (χ2n) is 7.93. The molecule has 0 radical (unpaired) electrons. The summed E-state index contributed by atoms with van der Waals surface area (Å²) in [7, 11) is 1.20. The number of carboxylic acid groups (broad SMARTS) is 1. The van der Waals surface area contributed by atoms with E-state index >= 15 is 0 Å². The normalized spacial score (nSPS) is 10.3. The number of fused-ring (bicyclic) bond motifs is 1. The minimum Gasteiger partial charge on any atom is -0.478 e. The van der Waals surface area contributed by atoms with E-state index in [1.54, 1.807) is 30.3 Å². The quantitative estimate of drug-likeness (QED) is 0.289. The first kappa shape index (κ1) is 25.4. The Morgan fingerprint density at radius 2 is 1.71 bits per heavy atom. The Morgan fingerprint density at radius 1 is 0.974 bits per heavy atom. The number of rotatable bonds is 6. The summed E-state index contributed by atoms with van der Waals surface area (Å²) in [6.07, 6.45) is -0.758. The third-order valence-corrected chi connectivity index (χ3v) is 5.39. The largest absolute Gasteiger partial charge is 0.478 e. The molecule has 190 valence electrons. The molecule has 0 spiro atoms. The summed E-state index contributed by atoms with van der Waals surface area (Å²) < 4.78 is 10.1. The van der Waals surface area contributed by atoms with E-state index in [2.05, 4.69) is 21.1 Å². The number of anilines is 3. The molecule has 4 N–H and O–H groups in total. The van der Waals surface area contributed by atoms with Gasteiger partial charge in [-0.3, -0.25) is 14.9 Å². The SMILES string of the molecule is COC(=O)Nc1cc2c(C(=O)Nc3ccc(C#N)cc3C(=O)O)noc2cc1-c1ccc(NC(C)=O)cc1. The molecule has 12 heteroatoms. The maximum atomic E-state index is 13.1. The minimum absolute atomic E-state index is 0.0403. The molecule has 1 aromatic heterocycles. The number of hydrogen-bond donors (Lipinski definition) is 4. The average molecular weight is 513 g/mol. The summed E-state index contributed by atoms with van der Waals surface area (Å²) in [4.78, 5) is 48.0. The summed E-state index contributed by atoms with van der Waals surface area (Å²) >= 11 is 0.